The van der Waals surface area contributed by atoms with Crippen LogP contribution < -0.4 is 5.43 Å². The Morgan fingerprint density at radius 3 is 2.33 bits per heavy atom. The molecule has 0 radical (unpaired) electrons. The molecule has 3 rings (SSSR count). The minimum absolute atomic E-state index is 0.370. The summed E-state index contributed by atoms with van der Waals surface area (Å²) in [4.78, 5) is 16.6. The molecule has 0 atom stereocenters. The highest BCUT2D eigenvalue weighted by Crippen LogP contribution is 2.15. The number of carbonyl (C=O) groups excluding carboxylic acids is 1. The number of halogens is 1. The molecule has 0 aliphatic carbocycles. The van der Waals surface area contributed by atoms with Crippen LogP contribution in [0.25, 0.3) is 0 Å². The minimum Gasteiger partial charge on any atom is -0.267 e. The summed E-state index contributed by atoms with van der Waals surface area (Å²) in [5.41, 5.74) is 5.04. The zero-order valence-electron chi connectivity index (χ0n) is 12.7. The van der Waals surface area contributed by atoms with Crippen LogP contribution in [-0.4, -0.2) is 16.6 Å². The normalized spacial score (nSPS) is 11.1. The third-order valence-corrected chi connectivity index (χ3v) is 3.67. The van der Waals surface area contributed by atoms with Gasteiger partial charge in [0.2, 0.25) is 0 Å². The molecule has 0 saturated heterocycles. The van der Waals surface area contributed by atoms with Crippen molar-refractivity contribution in [3.8, 4) is 0 Å². The van der Waals surface area contributed by atoms with Crippen molar-refractivity contribution in [2.24, 2.45) is 5.10 Å². The molecule has 1 N–H and O–H groups in total. The summed E-state index contributed by atoms with van der Waals surface area (Å²) in [6.07, 6.45) is 1.68. The molecule has 2 aromatic carbocycles. The summed E-state index contributed by atoms with van der Waals surface area (Å²) in [5, 5.41) is 4.66. The van der Waals surface area contributed by atoms with E-state index in [-0.39, 0.29) is 5.91 Å². The summed E-state index contributed by atoms with van der Waals surface area (Å²) in [6.45, 7) is 0. The Bertz CT molecular complexity index is 823. The van der Waals surface area contributed by atoms with Crippen molar-refractivity contribution in [3.63, 3.8) is 0 Å². The molecule has 24 heavy (non-hydrogen) atoms. The van der Waals surface area contributed by atoms with Crippen LogP contribution >= 0.6 is 11.6 Å². The smallest absolute Gasteiger partial charge is 0.267 e. The average Bonchev–Trinajstić information content (AvgIpc) is 2.64. The van der Waals surface area contributed by atoms with Gasteiger partial charge in [-0.3, -0.25) is 9.78 Å². The second-order valence-corrected chi connectivity index (χ2v) is 5.37. The van der Waals surface area contributed by atoms with Crippen molar-refractivity contribution in [1.82, 2.24) is 10.4 Å². The van der Waals surface area contributed by atoms with Crippen LogP contribution in [0.2, 0.25) is 5.02 Å². The first-order valence-corrected chi connectivity index (χ1v) is 7.73. The number of carbonyl (C=O) groups is 1. The summed E-state index contributed by atoms with van der Waals surface area (Å²) in [7, 11) is 0. The molecule has 0 aliphatic rings. The molecule has 5 heteroatoms. The molecule has 3 aromatic rings. The van der Waals surface area contributed by atoms with Crippen molar-refractivity contribution >= 4 is 23.2 Å². The Labute approximate surface area is 144 Å². The number of aromatic nitrogens is 1. The largest absolute Gasteiger partial charge is 0.272 e. The minimum atomic E-state index is -0.370. The van der Waals surface area contributed by atoms with E-state index in [0.717, 1.165) is 5.56 Å². The number of amides is 1. The molecular formula is C19H14ClN3O. The van der Waals surface area contributed by atoms with Gasteiger partial charge in [-0.05, 0) is 24.3 Å². The fourth-order valence-corrected chi connectivity index (χ4v) is 2.40. The molecule has 0 saturated carbocycles. The molecule has 0 unspecified atom stereocenters. The first kappa shape index (κ1) is 15.9. The van der Waals surface area contributed by atoms with Gasteiger partial charge in [0.25, 0.3) is 5.91 Å². The average molecular weight is 336 g/mol. The standard InChI is InChI=1S/C19H14ClN3O/c20-16-11-5-4-10-15(16)19(24)23-22-18(14-8-2-1-3-9-14)17-12-6-7-13-21-17/h1-13H,(H,23,24). The second-order valence-electron chi connectivity index (χ2n) is 4.96. The predicted molar refractivity (Wildman–Crippen MR) is 95.2 cm³/mol. The van der Waals surface area contributed by atoms with Crippen molar-refractivity contribution < 1.29 is 4.79 Å². The lowest BCUT2D eigenvalue weighted by molar-refractivity contribution is 0.0955. The Kier molecular flexibility index (Phi) is 4.99. The number of nitrogens with one attached hydrogen (secondary N) is 1. The number of hydrogen-bond donors (Lipinski definition) is 1. The van der Waals surface area contributed by atoms with E-state index in [2.05, 4.69) is 15.5 Å². The third kappa shape index (κ3) is 3.67. The van der Waals surface area contributed by atoms with Gasteiger partial charge in [0, 0.05) is 11.8 Å². The number of pyridine rings is 1. The Hall–Kier alpha value is -2.98. The summed E-state index contributed by atoms with van der Waals surface area (Å²) in [5.74, 6) is -0.370. The van der Waals surface area contributed by atoms with Crippen LogP contribution in [-0.2, 0) is 0 Å². The lowest BCUT2D eigenvalue weighted by Gasteiger charge is -2.07. The molecular weight excluding hydrogens is 322 g/mol. The number of rotatable bonds is 4. The molecule has 118 valence electrons. The monoisotopic (exact) mass is 335 g/mol. The van der Waals surface area contributed by atoms with E-state index >= 15 is 0 Å². The van der Waals surface area contributed by atoms with Crippen molar-refractivity contribution in [3.05, 3.63) is 101 Å². The number of hydrogen-bond acceptors (Lipinski definition) is 3. The molecule has 0 bridgehead atoms. The Balaban J connectivity index is 1.93. The third-order valence-electron chi connectivity index (χ3n) is 3.34. The fraction of sp³-hybridized carbons (Fsp3) is 0. The van der Waals surface area contributed by atoms with E-state index in [1.807, 2.05) is 48.5 Å². The number of hydrazone groups is 1. The lowest BCUT2D eigenvalue weighted by atomic mass is 10.1. The van der Waals surface area contributed by atoms with Crippen LogP contribution in [0.5, 0.6) is 0 Å². The quantitative estimate of drug-likeness (QED) is 0.580. The zero-order chi connectivity index (χ0) is 16.8. The van der Waals surface area contributed by atoms with Gasteiger partial charge < -0.3 is 0 Å². The maximum absolute atomic E-state index is 12.3. The zero-order valence-corrected chi connectivity index (χ0v) is 13.4. The van der Waals surface area contributed by atoms with E-state index < -0.39 is 0 Å². The predicted octanol–water partition coefficient (Wildman–Crippen LogP) is 3.92. The summed E-state index contributed by atoms with van der Waals surface area (Å²) in [6, 6.07) is 21.9. The maximum Gasteiger partial charge on any atom is 0.272 e. The summed E-state index contributed by atoms with van der Waals surface area (Å²) < 4.78 is 0. The lowest BCUT2D eigenvalue weighted by Crippen LogP contribution is -2.21. The highest BCUT2D eigenvalue weighted by Gasteiger charge is 2.11. The van der Waals surface area contributed by atoms with Crippen molar-refractivity contribution in [2.75, 3.05) is 0 Å². The highest BCUT2D eigenvalue weighted by atomic mass is 35.5. The van der Waals surface area contributed by atoms with Crippen LogP contribution in [0.15, 0.2) is 84.1 Å². The van der Waals surface area contributed by atoms with Gasteiger partial charge in [0.1, 0.15) is 5.71 Å². The van der Waals surface area contributed by atoms with Gasteiger partial charge >= 0.3 is 0 Å². The van der Waals surface area contributed by atoms with Gasteiger partial charge in [0.15, 0.2) is 0 Å². The first-order valence-electron chi connectivity index (χ1n) is 7.35. The fourth-order valence-electron chi connectivity index (χ4n) is 2.18. The van der Waals surface area contributed by atoms with E-state index in [9.17, 15) is 4.79 Å². The Morgan fingerprint density at radius 1 is 0.917 bits per heavy atom. The molecule has 1 amide bonds. The van der Waals surface area contributed by atoms with Gasteiger partial charge in [-0.2, -0.15) is 5.10 Å². The van der Waals surface area contributed by atoms with Crippen molar-refractivity contribution in [2.45, 2.75) is 0 Å². The van der Waals surface area contributed by atoms with E-state index in [1.54, 1.807) is 30.5 Å². The topological polar surface area (TPSA) is 54.4 Å². The number of benzene rings is 2. The molecule has 0 fully saturated rings. The van der Waals surface area contributed by atoms with Crippen LogP contribution in [0, 0.1) is 0 Å². The SMILES string of the molecule is O=C(NN=C(c1ccccc1)c1ccccn1)c1ccccc1Cl. The molecule has 1 aromatic heterocycles. The summed E-state index contributed by atoms with van der Waals surface area (Å²) >= 11 is 6.05. The van der Waals surface area contributed by atoms with Crippen LogP contribution in [0.4, 0.5) is 0 Å². The molecule has 0 spiro atoms. The number of nitrogens with zero attached hydrogens (tertiary/aromatic N) is 2. The first-order chi connectivity index (χ1) is 11.8. The maximum atomic E-state index is 12.3. The van der Waals surface area contributed by atoms with Crippen LogP contribution in [0.3, 0.4) is 0 Å². The van der Waals surface area contributed by atoms with Gasteiger partial charge in [-0.1, -0.05) is 60.1 Å². The van der Waals surface area contributed by atoms with Crippen LogP contribution in [0.1, 0.15) is 21.6 Å². The Morgan fingerprint density at radius 2 is 1.62 bits per heavy atom. The highest BCUT2D eigenvalue weighted by molar-refractivity contribution is 6.33. The molecule has 0 aliphatic heterocycles. The van der Waals surface area contributed by atoms with Crippen molar-refractivity contribution in [1.29, 1.82) is 0 Å². The molecule has 4 nitrogen and oxygen atoms in total. The molecule has 1 heterocycles. The second kappa shape index (κ2) is 7.53. The van der Waals surface area contributed by atoms with Gasteiger partial charge in [-0.15, -0.1) is 0 Å². The van der Waals surface area contributed by atoms with Gasteiger partial charge in [-0.25, -0.2) is 5.43 Å². The van der Waals surface area contributed by atoms with E-state index in [4.69, 9.17) is 11.6 Å². The van der Waals surface area contributed by atoms with Gasteiger partial charge in [0.05, 0.1) is 16.3 Å². The van der Waals surface area contributed by atoms with E-state index in [1.165, 1.54) is 0 Å². The van der Waals surface area contributed by atoms with E-state index in [0.29, 0.717) is 22.0 Å².